The maximum atomic E-state index is 5.52. The van der Waals surface area contributed by atoms with Crippen molar-refractivity contribution in [3.05, 3.63) is 29.8 Å². The van der Waals surface area contributed by atoms with E-state index in [9.17, 15) is 0 Å². The molecular formula is C13H23N. The topological polar surface area (TPSA) is 26.0 Å². The minimum Gasteiger partial charge on any atom is -0.399 e. The van der Waals surface area contributed by atoms with Gasteiger partial charge in [0.05, 0.1) is 0 Å². The van der Waals surface area contributed by atoms with Crippen LogP contribution in [0.5, 0.6) is 0 Å². The van der Waals surface area contributed by atoms with Crippen LogP contribution in [0.1, 0.15) is 39.7 Å². The van der Waals surface area contributed by atoms with Crippen LogP contribution in [-0.2, 0) is 6.42 Å². The number of benzene rings is 1. The summed E-state index contributed by atoms with van der Waals surface area (Å²) in [4.78, 5) is 0. The zero-order chi connectivity index (χ0) is 11.0. The van der Waals surface area contributed by atoms with E-state index in [4.69, 9.17) is 5.73 Å². The van der Waals surface area contributed by atoms with Gasteiger partial charge >= 0.3 is 0 Å². The lowest BCUT2D eigenvalue weighted by Crippen LogP contribution is -1.86. The quantitative estimate of drug-likeness (QED) is 0.709. The van der Waals surface area contributed by atoms with E-state index in [2.05, 4.69) is 39.8 Å². The van der Waals surface area contributed by atoms with Gasteiger partial charge in [0.15, 0.2) is 0 Å². The van der Waals surface area contributed by atoms with E-state index in [1.54, 1.807) is 0 Å². The summed E-state index contributed by atoms with van der Waals surface area (Å²) in [5, 5.41) is 0. The highest BCUT2D eigenvalue weighted by molar-refractivity contribution is 5.39. The molecule has 0 fully saturated rings. The Balaban J connectivity index is 0.000000364. The molecule has 1 rings (SSSR count). The molecule has 0 saturated carbocycles. The SMILES string of the molecule is CC(C)C.CCCc1ccc(N)cc1. The van der Waals surface area contributed by atoms with Gasteiger partial charge in [0.2, 0.25) is 0 Å². The molecule has 0 heterocycles. The van der Waals surface area contributed by atoms with Gasteiger partial charge in [-0.15, -0.1) is 0 Å². The molecule has 80 valence electrons. The Morgan fingerprint density at radius 1 is 1.07 bits per heavy atom. The van der Waals surface area contributed by atoms with E-state index >= 15 is 0 Å². The van der Waals surface area contributed by atoms with E-state index in [1.807, 2.05) is 12.1 Å². The second-order valence-corrected chi connectivity index (χ2v) is 4.22. The third kappa shape index (κ3) is 7.66. The number of nitrogen functional groups attached to an aromatic ring is 1. The Bertz CT molecular complexity index is 221. The van der Waals surface area contributed by atoms with Crippen molar-refractivity contribution in [1.82, 2.24) is 0 Å². The number of hydrogen-bond acceptors (Lipinski definition) is 1. The van der Waals surface area contributed by atoms with E-state index in [0.717, 1.165) is 18.0 Å². The highest BCUT2D eigenvalue weighted by Crippen LogP contribution is 2.06. The highest BCUT2D eigenvalue weighted by atomic mass is 14.5. The minimum absolute atomic E-state index is 0.833. The maximum Gasteiger partial charge on any atom is 0.0314 e. The predicted molar refractivity (Wildman–Crippen MR) is 65.4 cm³/mol. The van der Waals surface area contributed by atoms with Gasteiger partial charge in [-0.2, -0.15) is 0 Å². The van der Waals surface area contributed by atoms with Crippen molar-refractivity contribution in [1.29, 1.82) is 0 Å². The number of rotatable bonds is 2. The van der Waals surface area contributed by atoms with Crippen molar-refractivity contribution < 1.29 is 0 Å². The van der Waals surface area contributed by atoms with Gasteiger partial charge in [-0.1, -0.05) is 46.2 Å². The second-order valence-electron chi connectivity index (χ2n) is 4.22. The molecule has 1 heteroatoms. The molecule has 0 unspecified atom stereocenters. The van der Waals surface area contributed by atoms with E-state index in [0.29, 0.717) is 0 Å². The summed E-state index contributed by atoms with van der Waals surface area (Å²) in [7, 11) is 0. The van der Waals surface area contributed by atoms with Crippen LogP contribution in [0.3, 0.4) is 0 Å². The van der Waals surface area contributed by atoms with Gasteiger partial charge in [0.1, 0.15) is 0 Å². The first-order valence-corrected chi connectivity index (χ1v) is 5.40. The first kappa shape index (κ1) is 13.0. The number of hydrogen-bond donors (Lipinski definition) is 1. The molecule has 0 atom stereocenters. The van der Waals surface area contributed by atoms with Crippen LogP contribution in [-0.4, -0.2) is 0 Å². The largest absolute Gasteiger partial charge is 0.399 e. The summed E-state index contributed by atoms with van der Waals surface area (Å²) in [6.07, 6.45) is 2.35. The lowest BCUT2D eigenvalue weighted by atomic mass is 10.1. The Labute approximate surface area is 88.3 Å². The normalized spacial score (nSPS) is 9.50. The van der Waals surface area contributed by atoms with Gasteiger partial charge in [-0.3, -0.25) is 0 Å². The molecule has 1 aromatic rings. The first-order chi connectivity index (χ1) is 6.56. The van der Waals surface area contributed by atoms with E-state index < -0.39 is 0 Å². The monoisotopic (exact) mass is 193 g/mol. The zero-order valence-electron chi connectivity index (χ0n) is 9.88. The standard InChI is InChI=1S/C9H13N.C4H10/c1-2-3-8-4-6-9(10)7-5-8;1-4(2)3/h4-7H,2-3,10H2,1H3;4H,1-3H3. The fourth-order valence-corrected chi connectivity index (χ4v) is 0.973. The maximum absolute atomic E-state index is 5.52. The summed E-state index contributed by atoms with van der Waals surface area (Å²) in [5.41, 5.74) is 7.74. The van der Waals surface area contributed by atoms with E-state index in [-0.39, 0.29) is 0 Å². The average Bonchev–Trinajstić information content (AvgIpc) is 2.08. The van der Waals surface area contributed by atoms with Crippen LogP contribution < -0.4 is 5.73 Å². The summed E-state index contributed by atoms with van der Waals surface area (Å²) in [6, 6.07) is 8.06. The van der Waals surface area contributed by atoms with Crippen LogP contribution in [0.25, 0.3) is 0 Å². The first-order valence-electron chi connectivity index (χ1n) is 5.40. The molecule has 0 aliphatic rings. The molecule has 0 aliphatic carbocycles. The van der Waals surface area contributed by atoms with Gasteiger partial charge < -0.3 is 5.73 Å². The van der Waals surface area contributed by atoms with Crippen molar-refractivity contribution in [2.24, 2.45) is 5.92 Å². The Morgan fingerprint density at radius 2 is 1.50 bits per heavy atom. The smallest absolute Gasteiger partial charge is 0.0314 e. The number of anilines is 1. The van der Waals surface area contributed by atoms with Crippen LogP contribution in [0.15, 0.2) is 24.3 Å². The molecule has 0 aliphatic heterocycles. The molecule has 0 saturated heterocycles. The lowest BCUT2D eigenvalue weighted by Gasteiger charge is -1.97. The van der Waals surface area contributed by atoms with Gasteiger partial charge in [-0.05, 0) is 30.0 Å². The Kier molecular flexibility index (Phi) is 6.91. The van der Waals surface area contributed by atoms with Crippen LogP contribution in [0.4, 0.5) is 5.69 Å². The summed E-state index contributed by atoms with van der Waals surface area (Å²) < 4.78 is 0. The van der Waals surface area contributed by atoms with Gasteiger partial charge in [0, 0.05) is 5.69 Å². The van der Waals surface area contributed by atoms with Crippen molar-refractivity contribution in [3.63, 3.8) is 0 Å². The molecular weight excluding hydrogens is 170 g/mol. The Morgan fingerprint density at radius 3 is 1.86 bits per heavy atom. The summed E-state index contributed by atoms with van der Waals surface area (Å²) in [5.74, 6) is 0.833. The van der Waals surface area contributed by atoms with Crippen molar-refractivity contribution in [2.75, 3.05) is 5.73 Å². The molecule has 0 radical (unpaired) electrons. The van der Waals surface area contributed by atoms with Crippen LogP contribution >= 0.6 is 0 Å². The fourth-order valence-electron chi connectivity index (χ4n) is 0.973. The fraction of sp³-hybridized carbons (Fsp3) is 0.538. The second kappa shape index (κ2) is 7.43. The highest BCUT2D eigenvalue weighted by Gasteiger charge is 1.88. The summed E-state index contributed by atoms with van der Waals surface area (Å²) in [6.45, 7) is 8.68. The molecule has 0 bridgehead atoms. The molecule has 0 spiro atoms. The minimum atomic E-state index is 0.833. The van der Waals surface area contributed by atoms with E-state index in [1.165, 1.54) is 12.0 Å². The third-order valence-corrected chi connectivity index (χ3v) is 1.52. The van der Waals surface area contributed by atoms with Crippen molar-refractivity contribution >= 4 is 5.69 Å². The molecule has 0 aromatic heterocycles. The van der Waals surface area contributed by atoms with Crippen molar-refractivity contribution in [2.45, 2.75) is 40.5 Å². The Hall–Kier alpha value is -0.980. The molecule has 1 aromatic carbocycles. The number of nitrogens with two attached hydrogens (primary N) is 1. The molecule has 0 amide bonds. The number of aryl methyl sites for hydroxylation is 1. The molecule has 2 N–H and O–H groups in total. The third-order valence-electron chi connectivity index (χ3n) is 1.52. The summed E-state index contributed by atoms with van der Waals surface area (Å²) >= 11 is 0. The molecule has 14 heavy (non-hydrogen) atoms. The average molecular weight is 193 g/mol. The predicted octanol–water partition coefficient (Wildman–Crippen LogP) is 3.88. The van der Waals surface area contributed by atoms with Crippen LogP contribution in [0, 0.1) is 5.92 Å². The zero-order valence-corrected chi connectivity index (χ0v) is 9.88. The van der Waals surface area contributed by atoms with Crippen LogP contribution in [0.2, 0.25) is 0 Å². The molecule has 1 nitrogen and oxygen atoms in total. The lowest BCUT2D eigenvalue weighted by molar-refractivity contribution is 0.737. The van der Waals surface area contributed by atoms with Gasteiger partial charge in [-0.25, -0.2) is 0 Å². The van der Waals surface area contributed by atoms with Gasteiger partial charge in [0.25, 0.3) is 0 Å². The van der Waals surface area contributed by atoms with Crippen molar-refractivity contribution in [3.8, 4) is 0 Å².